The second-order valence-electron chi connectivity index (χ2n) is 7.57. The summed E-state index contributed by atoms with van der Waals surface area (Å²) >= 11 is 0. The third kappa shape index (κ3) is 4.28. The summed E-state index contributed by atoms with van der Waals surface area (Å²) in [4.78, 5) is 23.8. The number of morpholine rings is 1. The predicted molar refractivity (Wildman–Crippen MR) is 112 cm³/mol. The zero-order valence-corrected chi connectivity index (χ0v) is 18.5. The van der Waals surface area contributed by atoms with Crippen molar-refractivity contribution in [3.63, 3.8) is 0 Å². The maximum absolute atomic E-state index is 13.5. The van der Waals surface area contributed by atoms with Gasteiger partial charge in [-0.25, -0.2) is 18.4 Å². The Morgan fingerprint density at radius 1 is 1.23 bits per heavy atom. The molecule has 2 saturated heterocycles. The van der Waals surface area contributed by atoms with Crippen molar-refractivity contribution in [2.75, 3.05) is 40.0 Å². The van der Waals surface area contributed by atoms with Crippen LogP contribution in [0.4, 0.5) is 0 Å². The summed E-state index contributed by atoms with van der Waals surface area (Å²) in [6.45, 7) is 4.03. The summed E-state index contributed by atoms with van der Waals surface area (Å²) in [5, 5.41) is 0. The lowest BCUT2D eigenvalue weighted by molar-refractivity contribution is 0.0300. The minimum Gasteiger partial charge on any atom is -0.497 e. The smallest absolute Gasteiger partial charge is 0.257 e. The largest absolute Gasteiger partial charge is 0.497 e. The lowest BCUT2D eigenvalue weighted by atomic mass is 10.1. The summed E-state index contributed by atoms with van der Waals surface area (Å²) in [7, 11) is -2.30. The number of carbonyl (C=O) groups is 1. The van der Waals surface area contributed by atoms with Gasteiger partial charge >= 0.3 is 0 Å². The van der Waals surface area contributed by atoms with Crippen molar-refractivity contribution in [2.45, 2.75) is 30.7 Å². The van der Waals surface area contributed by atoms with Crippen molar-refractivity contribution >= 4 is 15.9 Å². The van der Waals surface area contributed by atoms with Crippen LogP contribution in [0.5, 0.6) is 5.75 Å². The normalized spacial score (nSPS) is 20.1. The van der Waals surface area contributed by atoms with Gasteiger partial charge < -0.3 is 14.4 Å². The van der Waals surface area contributed by atoms with Crippen molar-refractivity contribution in [1.29, 1.82) is 0 Å². The van der Waals surface area contributed by atoms with Crippen LogP contribution in [-0.4, -0.2) is 73.5 Å². The van der Waals surface area contributed by atoms with Crippen LogP contribution < -0.4 is 4.74 Å². The number of amides is 1. The minimum absolute atomic E-state index is 0.158. The molecule has 2 aliphatic heterocycles. The van der Waals surface area contributed by atoms with Gasteiger partial charge in [-0.05, 0) is 31.9 Å². The van der Waals surface area contributed by atoms with Crippen molar-refractivity contribution < 1.29 is 22.7 Å². The highest BCUT2D eigenvalue weighted by molar-refractivity contribution is 7.89. The third-order valence-electron chi connectivity index (χ3n) is 5.63. The quantitative estimate of drug-likeness (QED) is 0.690. The number of ether oxygens (including phenoxy) is 2. The first-order valence-corrected chi connectivity index (χ1v) is 11.7. The van der Waals surface area contributed by atoms with Gasteiger partial charge in [0.1, 0.15) is 11.6 Å². The Balaban J connectivity index is 1.71. The van der Waals surface area contributed by atoms with Crippen molar-refractivity contribution in [3.05, 3.63) is 47.5 Å². The molecule has 10 heteroatoms. The predicted octanol–water partition coefficient (Wildman–Crippen LogP) is 1.79. The molecular weight excluding hydrogens is 420 g/mol. The van der Waals surface area contributed by atoms with E-state index in [1.165, 1.54) is 23.7 Å². The van der Waals surface area contributed by atoms with Gasteiger partial charge in [-0.15, -0.1) is 0 Å². The molecule has 2 aromatic rings. The molecule has 0 unspecified atom stereocenters. The van der Waals surface area contributed by atoms with Gasteiger partial charge in [0.2, 0.25) is 10.0 Å². The van der Waals surface area contributed by atoms with Crippen LogP contribution in [0.1, 0.15) is 40.8 Å². The van der Waals surface area contributed by atoms with Crippen LogP contribution in [0.15, 0.2) is 35.4 Å². The average molecular weight is 447 g/mol. The van der Waals surface area contributed by atoms with Gasteiger partial charge in [0.05, 0.1) is 42.5 Å². The van der Waals surface area contributed by atoms with Crippen LogP contribution in [0, 0.1) is 6.92 Å². The number of carbonyl (C=O) groups excluding carboxylic acids is 1. The molecule has 31 heavy (non-hydrogen) atoms. The lowest BCUT2D eigenvalue weighted by Gasteiger charge is -2.29. The number of aromatic nitrogens is 2. The zero-order valence-electron chi connectivity index (χ0n) is 17.7. The van der Waals surface area contributed by atoms with E-state index in [4.69, 9.17) is 9.47 Å². The number of nitrogens with zero attached hydrogens (tertiary/aromatic N) is 4. The fourth-order valence-corrected chi connectivity index (χ4v) is 5.74. The van der Waals surface area contributed by atoms with Gasteiger partial charge in [0, 0.05) is 31.9 Å². The van der Waals surface area contributed by atoms with E-state index in [2.05, 4.69) is 9.97 Å². The van der Waals surface area contributed by atoms with E-state index in [1.807, 2.05) is 0 Å². The summed E-state index contributed by atoms with van der Waals surface area (Å²) in [5.74, 6) is 0.779. The number of hydrogen-bond acceptors (Lipinski definition) is 7. The molecule has 4 rings (SSSR count). The van der Waals surface area contributed by atoms with Crippen LogP contribution >= 0.6 is 0 Å². The van der Waals surface area contributed by atoms with E-state index in [9.17, 15) is 13.2 Å². The van der Waals surface area contributed by atoms with Crippen LogP contribution in [-0.2, 0) is 14.8 Å². The van der Waals surface area contributed by atoms with Gasteiger partial charge in [-0.1, -0.05) is 6.07 Å². The Bertz CT molecular complexity index is 1070. The fourth-order valence-electron chi connectivity index (χ4n) is 4.04. The van der Waals surface area contributed by atoms with Crippen LogP contribution in [0.2, 0.25) is 0 Å². The fraction of sp³-hybridized carbons (Fsp3) is 0.476. The molecule has 0 radical (unpaired) electrons. The standard InChI is InChI=1S/C21H26N4O5S/c1-15-22-14-18(21(26)24-9-11-30-12-10-24)20(23-15)19-7-4-8-25(19)31(27,28)17-6-3-5-16(13-17)29-2/h3,5-6,13-14,19H,4,7-12H2,1-2H3/t19-/m1/s1. The molecule has 2 aliphatic rings. The molecule has 1 amide bonds. The van der Waals surface area contributed by atoms with Crippen molar-refractivity contribution in [2.24, 2.45) is 0 Å². The molecule has 0 bridgehead atoms. The highest BCUT2D eigenvalue weighted by Crippen LogP contribution is 2.37. The number of methoxy groups -OCH3 is 1. The number of benzene rings is 1. The topological polar surface area (TPSA) is 102 Å². The Morgan fingerprint density at radius 2 is 2.00 bits per heavy atom. The second kappa shape index (κ2) is 8.89. The molecular formula is C21H26N4O5S. The molecule has 1 atom stereocenters. The monoisotopic (exact) mass is 446 g/mol. The molecule has 1 aromatic heterocycles. The van der Waals surface area contributed by atoms with E-state index in [-0.39, 0.29) is 10.8 Å². The number of hydrogen-bond donors (Lipinski definition) is 0. The van der Waals surface area contributed by atoms with Gasteiger partial charge in [0.15, 0.2) is 0 Å². The summed E-state index contributed by atoms with van der Waals surface area (Å²) in [5.41, 5.74) is 0.818. The first-order chi connectivity index (χ1) is 14.9. The van der Waals surface area contributed by atoms with Crippen LogP contribution in [0.25, 0.3) is 0 Å². The maximum Gasteiger partial charge on any atom is 0.257 e. The molecule has 166 valence electrons. The zero-order chi connectivity index (χ0) is 22.0. The van der Waals surface area contributed by atoms with Gasteiger partial charge in [0.25, 0.3) is 5.91 Å². The highest BCUT2D eigenvalue weighted by atomic mass is 32.2. The first kappa shape index (κ1) is 21.7. The molecule has 3 heterocycles. The molecule has 0 saturated carbocycles. The van der Waals surface area contributed by atoms with E-state index >= 15 is 0 Å². The van der Waals surface area contributed by atoms with Crippen LogP contribution in [0.3, 0.4) is 0 Å². The average Bonchev–Trinajstić information content (AvgIpc) is 3.30. The Labute approximate surface area is 182 Å². The molecule has 0 N–H and O–H groups in total. The molecule has 0 spiro atoms. The SMILES string of the molecule is COc1cccc(S(=O)(=O)N2CCC[C@@H]2c2nc(C)ncc2C(=O)N2CCOCC2)c1. The maximum atomic E-state index is 13.5. The highest BCUT2D eigenvalue weighted by Gasteiger charge is 2.39. The van der Waals surface area contributed by atoms with Crippen molar-refractivity contribution in [3.8, 4) is 5.75 Å². The van der Waals surface area contributed by atoms with Gasteiger partial charge in [-0.2, -0.15) is 4.31 Å². The Morgan fingerprint density at radius 3 is 2.74 bits per heavy atom. The summed E-state index contributed by atoms with van der Waals surface area (Å²) in [6.07, 6.45) is 2.79. The number of aryl methyl sites for hydroxylation is 1. The molecule has 1 aromatic carbocycles. The molecule has 2 fully saturated rings. The number of rotatable bonds is 5. The summed E-state index contributed by atoms with van der Waals surface area (Å²) < 4.78 is 38.9. The molecule has 0 aliphatic carbocycles. The third-order valence-corrected chi connectivity index (χ3v) is 7.54. The van der Waals surface area contributed by atoms with E-state index in [1.54, 1.807) is 30.0 Å². The summed E-state index contributed by atoms with van der Waals surface area (Å²) in [6, 6.07) is 5.89. The second-order valence-corrected chi connectivity index (χ2v) is 9.46. The van der Waals surface area contributed by atoms with Gasteiger partial charge in [-0.3, -0.25) is 4.79 Å². The van der Waals surface area contributed by atoms with E-state index in [0.29, 0.717) is 68.5 Å². The minimum atomic E-state index is -3.80. The Hall–Kier alpha value is -2.56. The molecule has 9 nitrogen and oxygen atoms in total. The Kier molecular flexibility index (Phi) is 6.22. The van der Waals surface area contributed by atoms with Crippen molar-refractivity contribution in [1.82, 2.24) is 19.2 Å². The van der Waals surface area contributed by atoms with E-state index < -0.39 is 16.1 Å². The van der Waals surface area contributed by atoms with E-state index in [0.717, 1.165) is 0 Å². The first-order valence-electron chi connectivity index (χ1n) is 10.3. The lowest BCUT2D eigenvalue weighted by Crippen LogP contribution is -2.41. The number of sulfonamides is 1.